The van der Waals surface area contributed by atoms with Gasteiger partial charge >= 0.3 is 5.97 Å². The van der Waals surface area contributed by atoms with Gasteiger partial charge in [-0.05, 0) is 11.8 Å². The molecule has 0 heterocycles. The quantitative estimate of drug-likeness (QED) is 0.714. The lowest BCUT2D eigenvalue weighted by molar-refractivity contribution is -0.144. The first-order valence-electron chi connectivity index (χ1n) is 5.20. The Balaban J connectivity index is 0. The number of aliphatic hydroxyl groups is 1. The van der Waals surface area contributed by atoms with Crippen LogP contribution in [0.4, 0.5) is 0 Å². The number of aliphatic hydroxyl groups excluding tert-OH is 1. The highest BCUT2D eigenvalue weighted by atomic mass is 16.5. The molecule has 14 heavy (non-hydrogen) atoms. The second-order valence-corrected chi connectivity index (χ2v) is 4.01. The highest BCUT2D eigenvalue weighted by Gasteiger charge is 1.98. The average molecular weight is 204 g/mol. The average Bonchev–Trinajstić information content (AvgIpc) is 2.14. The molecule has 0 amide bonds. The SMILES string of the molecule is CC(C)CO.CCC(=O)OCC(C)C. The van der Waals surface area contributed by atoms with Gasteiger partial charge in [-0.3, -0.25) is 4.79 Å². The molecule has 3 nitrogen and oxygen atoms in total. The topological polar surface area (TPSA) is 46.5 Å². The van der Waals surface area contributed by atoms with Crippen molar-refractivity contribution >= 4 is 5.97 Å². The minimum Gasteiger partial charge on any atom is -0.465 e. The fraction of sp³-hybridized carbons (Fsp3) is 0.909. The molecule has 0 radical (unpaired) electrons. The van der Waals surface area contributed by atoms with Gasteiger partial charge in [0.05, 0.1) is 6.61 Å². The Morgan fingerprint density at radius 1 is 1.21 bits per heavy atom. The molecule has 0 unspecified atom stereocenters. The minimum atomic E-state index is -0.108. The molecule has 0 bridgehead atoms. The standard InChI is InChI=1S/C7H14O2.C4H10O/c1-4-7(8)9-5-6(2)3;1-4(2)3-5/h6H,4-5H2,1-3H3;4-5H,3H2,1-2H3. The van der Waals surface area contributed by atoms with E-state index in [1.165, 1.54) is 0 Å². The molecule has 86 valence electrons. The minimum absolute atomic E-state index is 0.108. The van der Waals surface area contributed by atoms with E-state index in [0.29, 0.717) is 31.5 Å². The Hall–Kier alpha value is -0.570. The normalized spacial score (nSPS) is 9.71. The van der Waals surface area contributed by atoms with Gasteiger partial charge in [0.15, 0.2) is 0 Å². The first kappa shape index (κ1) is 15.9. The predicted molar refractivity (Wildman–Crippen MR) is 58.0 cm³/mol. The second-order valence-electron chi connectivity index (χ2n) is 4.01. The van der Waals surface area contributed by atoms with Crippen LogP contribution in [-0.4, -0.2) is 24.3 Å². The van der Waals surface area contributed by atoms with E-state index in [2.05, 4.69) is 0 Å². The molecule has 3 heteroatoms. The van der Waals surface area contributed by atoms with Gasteiger partial charge in [0.1, 0.15) is 0 Å². The van der Waals surface area contributed by atoms with Crippen LogP contribution in [0.15, 0.2) is 0 Å². The van der Waals surface area contributed by atoms with Crippen molar-refractivity contribution in [2.45, 2.75) is 41.0 Å². The summed E-state index contributed by atoms with van der Waals surface area (Å²) in [5.74, 6) is 0.777. The third-order valence-corrected chi connectivity index (χ3v) is 1.23. The van der Waals surface area contributed by atoms with Crippen molar-refractivity contribution in [2.24, 2.45) is 11.8 Å². The van der Waals surface area contributed by atoms with Crippen molar-refractivity contribution in [3.05, 3.63) is 0 Å². The summed E-state index contributed by atoms with van der Waals surface area (Å²) in [6, 6.07) is 0. The second kappa shape index (κ2) is 10.5. The number of esters is 1. The van der Waals surface area contributed by atoms with E-state index >= 15 is 0 Å². The molecule has 0 aliphatic heterocycles. The summed E-state index contributed by atoms with van der Waals surface area (Å²) < 4.78 is 4.81. The van der Waals surface area contributed by atoms with Crippen molar-refractivity contribution in [3.63, 3.8) is 0 Å². The zero-order chi connectivity index (χ0) is 11.6. The third-order valence-electron chi connectivity index (χ3n) is 1.23. The summed E-state index contributed by atoms with van der Waals surface area (Å²) in [6.45, 7) is 10.6. The van der Waals surface area contributed by atoms with Crippen molar-refractivity contribution in [1.29, 1.82) is 0 Å². The highest BCUT2D eigenvalue weighted by Crippen LogP contribution is 1.93. The Morgan fingerprint density at radius 2 is 1.64 bits per heavy atom. The third kappa shape index (κ3) is 17.5. The van der Waals surface area contributed by atoms with Crippen LogP contribution in [0.3, 0.4) is 0 Å². The number of carbonyl (C=O) groups is 1. The predicted octanol–water partition coefficient (Wildman–Crippen LogP) is 2.23. The van der Waals surface area contributed by atoms with E-state index in [9.17, 15) is 4.79 Å². The first-order chi connectivity index (χ1) is 6.43. The van der Waals surface area contributed by atoms with Crippen LogP contribution in [-0.2, 0) is 9.53 Å². The molecule has 0 aromatic heterocycles. The van der Waals surface area contributed by atoms with E-state index in [4.69, 9.17) is 9.84 Å². The lowest BCUT2D eigenvalue weighted by Crippen LogP contribution is -2.07. The first-order valence-corrected chi connectivity index (χ1v) is 5.20. The number of ether oxygens (including phenoxy) is 1. The molecular formula is C11H24O3. The van der Waals surface area contributed by atoms with E-state index in [-0.39, 0.29) is 5.97 Å². The van der Waals surface area contributed by atoms with Gasteiger partial charge in [-0.15, -0.1) is 0 Å². The summed E-state index contributed by atoms with van der Waals surface area (Å²) in [6.07, 6.45) is 0.479. The fourth-order valence-corrected chi connectivity index (χ4v) is 0.362. The van der Waals surface area contributed by atoms with Gasteiger partial charge in [0.25, 0.3) is 0 Å². The zero-order valence-electron chi connectivity index (χ0n) is 10.0. The highest BCUT2D eigenvalue weighted by molar-refractivity contribution is 5.68. The number of rotatable bonds is 4. The number of hydrogen-bond acceptors (Lipinski definition) is 3. The summed E-state index contributed by atoms with van der Waals surface area (Å²) in [5, 5.41) is 8.14. The van der Waals surface area contributed by atoms with Crippen molar-refractivity contribution in [2.75, 3.05) is 13.2 Å². The van der Waals surface area contributed by atoms with Gasteiger partial charge in [-0.1, -0.05) is 34.6 Å². The van der Waals surface area contributed by atoms with E-state index in [1.54, 1.807) is 6.92 Å². The van der Waals surface area contributed by atoms with Crippen molar-refractivity contribution < 1.29 is 14.6 Å². The Morgan fingerprint density at radius 3 is 1.86 bits per heavy atom. The molecule has 0 aliphatic carbocycles. The molecule has 0 rings (SSSR count). The van der Waals surface area contributed by atoms with E-state index in [0.717, 1.165) is 0 Å². The van der Waals surface area contributed by atoms with Crippen LogP contribution in [0.2, 0.25) is 0 Å². The molecule has 0 spiro atoms. The van der Waals surface area contributed by atoms with Gasteiger partial charge in [0.2, 0.25) is 0 Å². The van der Waals surface area contributed by atoms with E-state index in [1.807, 2.05) is 27.7 Å². The number of carbonyl (C=O) groups excluding carboxylic acids is 1. The molecule has 1 N–H and O–H groups in total. The van der Waals surface area contributed by atoms with Crippen molar-refractivity contribution in [1.82, 2.24) is 0 Å². The van der Waals surface area contributed by atoms with Gasteiger partial charge in [0, 0.05) is 13.0 Å². The smallest absolute Gasteiger partial charge is 0.305 e. The van der Waals surface area contributed by atoms with Crippen LogP contribution in [0.25, 0.3) is 0 Å². The van der Waals surface area contributed by atoms with Gasteiger partial charge in [-0.25, -0.2) is 0 Å². The summed E-state index contributed by atoms with van der Waals surface area (Å²) in [7, 11) is 0. The van der Waals surface area contributed by atoms with Gasteiger partial charge in [-0.2, -0.15) is 0 Å². The van der Waals surface area contributed by atoms with Crippen LogP contribution in [0.1, 0.15) is 41.0 Å². The number of hydrogen-bond donors (Lipinski definition) is 1. The lowest BCUT2D eigenvalue weighted by atomic mass is 10.2. The van der Waals surface area contributed by atoms with Crippen molar-refractivity contribution in [3.8, 4) is 0 Å². The van der Waals surface area contributed by atoms with E-state index < -0.39 is 0 Å². The zero-order valence-corrected chi connectivity index (χ0v) is 10.0. The van der Waals surface area contributed by atoms with Crippen LogP contribution >= 0.6 is 0 Å². The molecule has 0 saturated heterocycles. The van der Waals surface area contributed by atoms with Crippen LogP contribution < -0.4 is 0 Å². The van der Waals surface area contributed by atoms with Crippen LogP contribution in [0, 0.1) is 11.8 Å². The molecule has 0 saturated carbocycles. The van der Waals surface area contributed by atoms with Crippen LogP contribution in [0.5, 0.6) is 0 Å². The Kier molecular flexibility index (Phi) is 11.9. The Labute approximate surface area is 87.5 Å². The summed E-state index contributed by atoms with van der Waals surface area (Å²) in [5.41, 5.74) is 0. The molecule has 0 atom stereocenters. The maximum absolute atomic E-state index is 10.5. The monoisotopic (exact) mass is 204 g/mol. The van der Waals surface area contributed by atoms with Gasteiger partial charge < -0.3 is 9.84 Å². The lowest BCUT2D eigenvalue weighted by Gasteiger charge is -2.04. The molecule has 0 fully saturated rings. The molecular weight excluding hydrogens is 180 g/mol. The summed E-state index contributed by atoms with van der Waals surface area (Å²) in [4.78, 5) is 10.5. The molecule has 0 aromatic carbocycles. The fourth-order valence-electron chi connectivity index (χ4n) is 0.362. The summed E-state index contributed by atoms with van der Waals surface area (Å²) >= 11 is 0. The largest absolute Gasteiger partial charge is 0.465 e. The molecule has 0 aromatic rings. The Bertz CT molecular complexity index is 130. The molecule has 0 aliphatic rings. The maximum Gasteiger partial charge on any atom is 0.305 e. The maximum atomic E-state index is 10.5.